The number of unbranched alkanes of at least 4 members (excludes halogenated alkanes) is 2. The van der Waals surface area contributed by atoms with Gasteiger partial charge in [0.15, 0.2) is 9.84 Å². The summed E-state index contributed by atoms with van der Waals surface area (Å²) in [6, 6.07) is 7.40. The Balaban J connectivity index is 2.80. The lowest BCUT2D eigenvalue weighted by Crippen LogP contribution is -2.19. The van der Waals surface area contributed by atoms with E-state index in [-0.39, 0.29) is 5.25 Å². The van der Waals surface area contributed by atoms with Gasteiger partial charge in [0.05, 0.1) is 10.1 Å². The highest BCUT2D eigenvalue weighted by atomic mass is 32.2. The molecule has 1 rings (SSSR count). The van der Waals surface area contributed by atoms with E-state index >= 15 is 0 Å². The molecule has 2 nitrogen and oxygen atoms in total. The molecule has 0 unspecified atom stereocenters. The van der Waals surface area contributed by atoms with Crippen LogP contribution in [-0.2, 0) is 16.3 Å². The number of rotatable bonds is 8. The van der Waals surface area contributed by atoms with E-state index in [0.717, 1.165) is 25.7 Å². The van der Waals surface area contributed by atoms with E-state index < -0.39 is 9.84 Å². The van der Waals surface area contributed by atoms with Crippen molar-refractivity contribution in [2.45, 2.75) is 62.5 Å². The van der Waals surface area contributed by atoms with Gasteiger partial charge in [0, 0.05) is 0 Å². The molecule has 0 fully saturated rings. The molecule has 3 heteroatoms. The van der Waals surface area contributed by atoms with Gasteiger partial charge in [-0.3, -0.25) is 0 Å². The van der Waals surface area contributed by atoms with Crippen molar-refractivity contribution < 1.29 is 8.42 Å². The maximum Gasteiger partial charge on any atom is 0.181 e. The van der Waals surface area contributed by atoms with Crippen LogP contribution in [0.1, 0.15) is 51.5 Å². The minimum atomic E-state index is -3.15. The van der Waals surface area contributed by atoms with Gasteiger partial charge in [-0.1, -0.05) is 45.7 Å². The van der Waals surface area contributed by atoms with Crippen LogP contribution in [0.3, 0.4) is 0 Å². The van der Waals surface area contributed by atoms with Gasteiger partial charge in [0.25, 0.3) is 0 Å². The molecule has 0 heterocycles. The minimum Gasteiger partial charge on any atom is -0.223 e. The minimum absolute atomic E-state index is 0.260. The first-order chi connectivity index (χ1) is 9.06. The topological polar surface area (TPSA) is 34.1 Å². The molecule has 0 amide bonds. The van der Waals surface area contributed by atoms with Gasteiger partial charge in [-0.2, -0.15) is 0 Å². The van der Waals surface area contributed by atoms with E-state index in [1.807, 2.05) is 26.0 Å². The highest BCUT2D eigenvalue weighted by Crippen LogP contribution is 2.21. The SMILES string of the molecule is [CH2]CCCCc1ccc(S(=O)(=O)C(CC)CC)cc1. The zero-order chi connectivity index (χ0) is 14.3. The number of hydrogen-bond acceptors (Lipinski definition) is 2. The summed E-state index contributed by atoms with van der Waals surface area (Å²) in [6.07, 6.45) is 5.53. The molecule has 0 N–H and O–H groups in total. The molecule has 107 valence electrons. The zero-order valence-electron chi connectivity index (χ0n) is 12.1. The van der Waals surface area contributed by atoms with Crippen molar-refractivity contribution in [2.75, 3.05) is 0 Å². The number of sulfone groups is 1. The van der Waals surface area contributed by atoms with Crippen LogP contribution in [0.15, 0.2) is 29.2 Å². The third kappa shape index (κ3) is 4.34. The van der Waals surface area contributed by atoms with E-state index in [2.05, 4.69) is 6.92 Å². The van der Waals surface area contributed by atoms with E-state index in [1.165, 1.54) is 5.56 Å². The van der Waals surface area contributed by atoms with Gasteiger partial charge >= 0.3 is 0 Å². The first kappa shape index (κ1) is 16.2. The summed E-state index contributed by atoms with van der Waals surface area (Å²) in [7, 11) is -3.15. The second-order valence-corrected chi connectivity index (χ2v) is 7.17. The molecule has 0 aliphatic rings. The van der Waals surface area contributed by atoms with Gasteiger partial charge in [-0.15, -0.1) is 0 Å². The summed E-state index contributed by atoms with van der Waals surface area (Å²) >= 11 is 0. The molecule has 0 aromatic heterocycles. The fraction of sp³-hybridized carbons (Fsp3) is 0.562. The molecule has 1 aromatic rings. The summed E-state index contributed by atoms with van der Waals surface area (Å²) in [5.74, 6) is 0. The molecule has 0 saturated heterocycles. The fourth-order valence-electron chi connectivity index (χ4n) is 2.27. The zero-order valence-corrected chi connectivity index (χ0v) is 12.9. The molecule has 19 heavy (non-hydrogen) atoms. The molecule has 0 spiro atoms. The van der Waals surface area contributed by atoms with Crippen molar-refractivity contribution in [1.29, 1.82) is 0 Å². The van der Waals surface area contributed by atoms with E-state index in [9.17, 15) is 8.42 Å². The summed E-state index contributed by atoms with van der Waals surface area (Å²) < 4.78 is 24.7. The highest BCUT2D eigenvalue weighted by Gasteiger charge is 2.23. The van der Waals surface area contributed by atoms with Crippen molar-refractivity contribution in [1.82, 2.24) is 0 Å². The van der Waals surface area contributed by atoms with Crippen molar-refractivity contribution in [3.8, 4) is 0 Å². The molecule has 0 bridgehead atoms. The summed E-state index contributed by atoms with van der Waals surface area (Å²) in [4.78, 5) is 0.460. The number of benzene rings is 1. The first-order valence-corrected chi connectivity index (χ1v) is 8.73. The van der Waals surface area contributed by atoms with Crippen LogP contribution < -0.4 is 0 Å². The van der Waals surface area contributed by atoms with Crippen molar-refractivity contribution in [2.24, 2.45) is 0 Å². The second kappa shape index (κ2) is 7.68. The van der Waals surface area contributed by atoms with E-state index in [4.69, 9.17) is 0 Å². The monoisotopic (exact) mass is 281 g/mol. The Morgan fingerprint density at radius 1 is 1.05 bits per heavy atom. The van der Waals surface area contributed by atoms with Crippen LogP contribution in [0.2, 0.25) is 0 Å². The van der Waals surface area contributed by atoms with Crippen LogP contribution in [0, 0.1) is 6.92 Å². The Morgan fingerprint density at radius 2 is 1.63 bits per heavy atom. The lowest BCUT2D eigenvalue weighted by molar-refractivity contribution is 0.571. The van der Waals surface area contributed by atoms with Gasteiger partial charge in [-0.25, -0.2) is 8.42 Å². The molecule has 1 aromatic carbocycles. The second-order valence-electron chi connectivity index (χ2n) is 4.94. The maximum atomic E-state index is 12.4. The predicted molar refractivity (Wildman–Crippen MR) is 80.9 cm³/mol. The van der Waals surface area contributed by atoms with Crippen LogP contribution >= 0.6 is 0 Å². The number of hydrogen-bond donors (Lipinski definition) is 0. The predicted octanol–water partition coefficient (Wildman–Crippen LogP) is 4.20. The van der Waals surface area contributed by atoms with Crippen LogP contribution in [0.4, 0.5) is 0 Å². The average molecular weight is 281 g/mol. The van der Waals surface area contributed by atoms with Crippen molar-refractivity contribution >= 4 is 9.84 Å². The normalized spacial score (nSPS) is 12.0. The van der Waals surface area contributed by atoms with Gasteiger partial charge in [-0.05, 0) is 43.4 Å². The third-order valence-corrected chi connectivity index (χ3v) is 6.04. The molecule has 1 radical (unpaired) electrons. The Labute approximate surface area is 118 Å². The van der Waals surface area contributed by atoms with Crippen LogP contribution in [0.25, 0.3) is 0 Å². The largest absolute Gasteiger partial charge is 0.223 e. The van der Waals surface area contributed by atoms with Gasteiger partial charge < -0.3 is 0 Å². The summed E-state index contributed by atoms with van der Waals surface area (Å²) in [5, 5.41) is -0.260. The quantitative estimate of drug-likeness (QED) is 0.669. The van der Waals surface area contributed by atoms with E-state index in [0.29, 0.717) is 17.7 Å². The summed E-state index contributed by atoms with van der Waals surface area (Å²) in [6.45, 7) is 7.68. The highest BCUT2D eigenvalue weighted by molar-refractivity contribution is 7.92. The molecule has 0 atom stereocenters. The lowest BCUT2D eigenvalue weighted by atomic mass is 10.1. The van der Waals surface area contributed by atoms with E-state index in [1.54, 1.807) is 12.1 Å². The third-order valence-electron chi connectivity index (χ3n) is 3.57. The average Bonchev–Trinajstić information content (AvgIpc) is 2.41. The number of aryl methyl sites for hydroxylation is 1. The van der Waals surface area contributed by atoms with Crippen LogP contribution in [0.5, 0.6) is 0 Å². The Kier molecular flexibility index (Phi) is 6.56. The first-order valence-electron chi connectivity index (χ1n) is 7.18. The molecule has 0 aliphatic heterocycles. The summed E-state index contributed by atoms with van der Waals surface area (Å²) in [5.41, 5.74) is 1.21. The molecule has 0 saturated carbocycles. The Morgan fingerprint density at radius 3 is 2.11 bits per heavy atom. The van der Waals surface area contributed by atoms with Gasteiger partial charge in [0.2, 0.25) is 0 Å². The standard InChI is InChI=1S/C16H25O2S/c1-4-7-8-9-14-10-12-16(13-11-14)19(17,18)15(5-2)6-3/h10-13,15H,1,4-9H2,2-3H3. The Bertz CT molecular complexity index is 456. The smallest absolute Gasteiger partial charge is 0.181 e. The van der Waals surface area contributed by atoms with Crippen LogP contribution in [-0.4, -0.2) is 13.7 Å². The molecular formula is C16H25O2S. The van der Waals surface area contributed by atoms with Crippen molar-refractivity contribution in [3.63, 3.8) is 0 Å². The lowest BCUT2D eigenvalue weighted by Gasteiger charge is -2.14. The maximum absolute atomic E-state index is 12.4. The molecular weight excluding hydrogens is 256 g/mol. The fourth-order valence-corrected chi connectivity index (χ4v) is 4.05. The Hall–Kier alpha value is -0.830. The van der Waals surface area contributed by atoms with Crippen molar-refractivity contribution in [3.05, 3.63) is 36.8 Å². The molecule has 0 aliphatic carbocycles. The van der Waals surface area contributed by atoms with Gasteiger partial charge in [0.1, 0.15) is 0 Å².